The second-order valence-corrected chi connectivity index (χ2v) is 7.17. The molecule has 24 heavy (non-hydrogen) atoms. The Morgan fingerprint density at radius 1 is 1.04 bits per heavy atom. The summed E-state index contributed by atoms with van der Waals surface area (Å²) in [4.78, 5) is 0. The smallest absolute Gasteiger partial charge is 0.0616 e. The van der Waals surface area contributed by atoms with Crippen LogP contribution in [0.4, 0.5) is 0 Å². The van der Waals surface area contributed by atoms with E-state index in [1.807, 2.05) is 7.05 Å². The van der Waals surface area contributed by atoms with E-state index in [-0.39, 0.29) is 5.41 Å². The minimum absolute atomic E-state index is 0.109. The van der Waals surface area contributed by atoms with Crippen molar-refractivity contribution in [3.05, 3.63) is 58.7 Å². The highest BCUT2D eigenvalue weighted by Crippen LogP contribution is 2.52. The highest BCUT2D eigenvalue weighted by Gasteiger charge is 2.45. The summed E-state index contributed by atoms with van der Waals surface area (Å²) >= 11 is 0. The van der Waals surface area contributed by atoms with Crippen LogP contribution in [0.1, 0.15) is 48.9 Å². The maximum Gasteiger partial charge on any atom is 0.0616 e. The molecule has 3 rings (SSSR count). The van der Waals surface area contributed by atoms with Gasteiger partial charge in [0.25, 0.3) is 0 Å². The van der Waals surface area contributed by atoms with E-state index in [2.05, 4.69) is 69.4 Å². The van der Waals surface area contributed by atoms with E-state index in [1.54, 1.807) is 0 Å². The lowest BCUT2D eigenvalue weighted by Crippen LogP contribution is -2.42. The predicted molar refractivity (Wildman–Crippen MR) is 102 cm³/mol. The van der Waals surface area contributed by atoms with Gasteiger partial charge < -0.3 is 10.1 Å². The molecule has 0 spiro atoms. The Balaban J connectivity index is 2.36. The van der Waals surface area contributed by atoms with Gasteiger partial charge in [0.1, 0.15) is 0 Å². The fraction of sp³-hybridized carbons (Fsp3) is 0.455. The van der Waals surface area contributed by atoms with Crippen molar-refractivity contribution in [3.63, 3.8) is 0 Å². The fourth-order valence-electron chi connectivity index (χ4n) is 4.41. The van der Waals surface area contributed by atoms with Gasteiger partial charge >= 0.3 is 0 Å². The quantitative estimate of drug-likeness (QED) is 0.836. The van der Waals surface area contributed by atoms with Crippen LogP contribution in [-0.2, 0) is 10.2 Å². The molecule has 1 atom stereocenters. The van der Waals surface area contributed by atoms with Crippen molar-refractivity contribution >= 4 is 0 Å². The molecule has 0 radical (unpaired) electrons. The van der Waals surface area contributed by atoms with Gasteiger partial charge in [-0.25, -0.2) is 0 Å². The summed E-state index contributed by atoms with van der Waals surface area (Å²) in [7, 11) is 2.04. The number of rotatable bonds is 6. The van der Waals surface area contributed by atoms with Crippen LogP contribution in [-0.4, -0.2) is 26.8 Å². The molecule has 0 aliphatic heterocycles. The third kappa shape index (κ3) is 2.49. The van der Waals surface area contributed by atoms with Crippen LogP contribution in [0.3, 0.4) is 0 Å². The Bertz CT molecular complexity index is 735. The van der Waals surface area contributed by atoms with Crippen molar-refractivity contribution in [2.75, 3.05) is 26.8 Å². The molecule has 0 bridgehead atoms. The van der Waals surface area contributed by atoms with Crippen LogP contribution < -0.4 is 5.32 Å². The molecule has 2 heteroatoms. The van der Waals surface area contributed by atoms with E-state index in [4.69, 9.17) is 4.74 Å². The molecule has 1 unspecified atom stereocenters. The maximum atomic E-state index is 6.04. The molecule has 2 aromatic carbocycles. The number of likely N-dealkylation sites (N-methyl/N-ethyl adjacent to an activating group) is 1. The van der Waals surface area contributed by atoms with Crippen molar-refractivity contribution < 1.29 is 4.74 Å². The number of nitrogens with one attached hydrogen (secondary N) is 1. The molecule has 1 N–H and O–H groups in total. The third-order valence-corrected chi connectivity index (χ3v) is 5.27. The molecule has 0 heterocycles. The van der Waals surface area contributed by atoms with Gasteiger partial charge in [0.2, 0.25) is 0 Å². The van der Waals surface area contributed by atoms with E-state index in [0.29, 0.717) is 5.92 Å². The lowest BCUT2D eigenvalue weighted by molar-refractivity contribution is 0.107. The summed E-state index contributed by atoms with van der Waals surface area (Å²) in [5, 5.41) is 3.45. The SMILES string of the molecule is CCOCC1(CNC)c2c(C)cccc2-c2cccc(C(C)C)c21. The van der Waals surface area contributed by atoms with E-state index in [0.717, 1.165) is 19.8 Å². The first kappa shape index (κ1) is 17.2. The van der Waals surface area contributed by atoms with E-state index >= 15 is 0 Å². The second-order valence-electron chi connectivity index (χ2n) is 7.17. The molecular formula is C22H29NO. The molecule has 0 amide bonds. The summed E-state index contributed by atoms with van der Waals surface area (Å²) in [5.74, 6) is 0.493. The van der Waals surface area contributed by atoms with E-state index < -0.39 is 0 Å². The fourth-order valence-corrected chi connectivity index (χ4v) is 4.41. The lowest BCUT2D eigenvalue weighted by Gasteiger charge is -2.35. The van der Waals surface area contributed by atoms with Gasteiger partial charge in [0, 0.05) is 13.2 Å². The summed E-state index contributed by atoms with van der Waals surface area (Å²) in [6.45, 7) is 11.2. The molecular weight excluding hydrogens is 294 g/mol. The van der Waals surface area contributed by atoms with Crippen LogP contribution in [0.2, 0.25) is 0 Å². The Morgan fingerprint density at radius 3 is 2.33 bits per heavy atom. The average Bonchev–Trinajstić information content (AvgIpc) is 2.85. The summed E-state index contributed by atoms with van der Waals surface area (Å²) in [6.07, 6.45) is 0. The highest BCUT2D eigenvalue weighted by molar-refractivity contribution is 5.84. The van der Waals surface area contributed by atoms with Gasteiger partial charge in [-0.05, 0) is 60.2 Å². The van der Waals surface area contributed by atoms with Crippen LogP contribution in [0.25, 0.3) is 11.1 Å². The zero-order valence-electron chi connectivity index (χ0n) is 15.6. The van der Waals surface area contributed by atoms with Crippen LogP contribution in [0.15, 0.2) is 36.4 Å². The Morgan fingerprint density at radius 2 is 1.71 bits per heavy atom. The van der Waals surface area contributed by atoms with E-state index in [1.165, 1.54) is 33.4 Å². The zero-order valence-corrected chi connectivity index (χ0v) is 15.6. The molecule has 0 saturated carbocycles. The molecule has 2 aromatic rings. The first-order chi connectivity index (χ1) is 11.6. The van der Waals surface area contributed by atoms with Crippen molar-refractivity contribution in [3.8, 4) is 11.1 Å². The topological polar surface area (TPSA) is 21.3 Å². The van der Waals surface area contributed by atoms with Crippen LogP contribution >= 0.6 is 0 Å². The first-order valence-electron chi connectivity index (χ1n) is 9.03. The minimum atomic E-state index is -0.109. The average molecular weight is 323 g/mol. The number of hydrogen-bond donors (Lipinski definition) is 1. The Labute approximate surface area is 146 Å². The van der Waals surface area contributed by atoms with Gasteiger partial charge in [0.05, 0.1) is 12.0 Å². The van der Waals surface area contributed by atoms with Crippen molar-refractivity contribution in [1.82, 2.24) is 5.32 Å². The standard InChI is InChI=1S/C22H29NO/c1-6-24-14-22(13-23-5)20-16(4)9-7-11-18(20)19-12-8-10-17(15(2)3)21(19)22/h7-12,15,23H,6,13-14H2,1-5H3. The predicted octanol–water partition coefficient (Wildman–Crippen LogP) is 4.64. The molecule has 2 nitrogen and oxygen atoms in total. The monoisotopic (exact) mass is 323 g/mol. The van der Waals surface area contributed by atoms with Gasteiger partial charge in [0.15, 0.2) is 0 Å². The number of fused-ring (bicyclic) bond motifs is 3. The lowest BCUT2D eigenvalue weighted by atomic mass is 9.74. The largest absolute Gasteiger partial charge is 0.380 e. The normalized spacial score (nSPS) is 18.8. The molecule has 0 saturated heterocycles. The Hall–Kier alpha value is -1.64. The maximum absolute atomic E-state index is 6.04. The molecule has 1 aliphatic carbocycles. The van der Waals surface area contributed by atoms with Crippen molar-refractivity contribution in [2.24, 2.45) is 0 Å². The van der Waals surface area contributed by atoms with Crippen LogP contribution in [0.5, 0.6) is 0 Å². The van der Waals surface area contributed by atoms with Gasteiger partial charge in [-0.15, -0.1) is 0 Å². The van der Waals surface area contributed by atoms with Gasteiger partial charge in [-0.1, -0.05) is 50.2 Å². The summed E-state index contributed by atoms with van der Waals surface area (Å²) in [5.41, 5.74) is 8.36. The third-order valence-electron chi connectivity index (χ3n) is 5.27. The number of hydrogen-bond acceptors (Lipinski definition) is 2. The second kappa shape index (κ2) is 6.70. The Kier molecular flexibility index (Phi) is 4.80. The van der Waals surface area contributed by atoms with Gasteiger partial charge in [-0.3, -0.25) is 0 Å². The first-order valence-corrected chi connectivity index (χ1v) is 9.03. The number of benzene rings is 2. The number of aryl methyl sites for hydroxylation is 1. The summed E-state index contributed by atoms with van der Waals surface area (Å²) in [6, 6.07) is 13.5. The molecule has 1 aliphatic rings. The van der Waals surface area contributed by atoms with Crippen molar-refractivity contribution in [2.45, 2.75) is 39.0 Å². The summed E-state index contributed by atoms with van der Waals surface area (Å²) < 4.78 is 6.04. The van der Waals surface area contributed by atoms with Gasteiger partial charge in [-0.2, -0.15) is 0 Å². The minimum Gasteiger partial charge on any atom is -0.380 e. The zero-order chi connectivity index (χ0) is 17.3. The van der Waals surface area contributed by atoms with E-state index in [9.17, 15) is 0 Å². The van der Waals surface area contributed by atoms with Crippen LogP contribution in [0, 0.1) is 6.92 Å². The highest BCUT2D eigenvalue weighted by atomic mass is 16.5. The molecule has 0 aromatic heterocycles. The number of ether oxygens (including phenoxy) is 1. The molecule has 0 fully saturated rings. The molecule has 128 valence electrons. The van der Waals surface area contributed by atoms with Crippen molar-refractivity contribution in [1.29, 1.82) is 0 Å².